The number of hydrogen-bond acceptors (Lipinski definition) is 4. The molecular weight excluding hydrogens is 492 g/mol. The van der Waals surface area contributed by atoms with Crippen LogP contribution in [0.3, 0.4) is 0 Å². The number of nitrogens with zero attached hydrogens (tertiary/aromatic N) is 1. The van der Waals surface area contributed by atoms with Crippen LogP contribution in [0.25, 0.3) is 0 Å². The molecule has 0 atom stereocenters. The third-order valence-corrected chi connectivity index (χ3v) is 5.88. The quantitative estimate of drug-likeness (QED) is 0.429. The number of rotatable bonds is 5. The van der Waals surface area contributed by atoms with Crippen molar-refractivity contribution in [1.29, 1.82) is 0 Å². The van der Waals surface area contributed by atoms with E-state index < -0.39 is 23.5 Å². The van der Waals surface area contributed by atoms with Gasteiger partial charge in [0.2, 0.25) is 0 Å². The molecule has 2 N–H and O–H groups in total. The van der Waals surface area contributed by atoms with E-state index in [-0.39, 0.29) is 26.5 Å². The first-order valence-corrected chi connectivity index (χ1v) is 10.6. The van der Waals surface area contributed by atoms with Gasteiger partial charge >= 0.3 is 0 Å². The molecule has 0 unspecified atom stereocenters. The maximum Gasteiger partial charge on any atom is 0.283 e. The molecular formula is C23H13Cl3FN3O3. The van der Waals surface area contributed by atoms with E-state index in [1.165, 1.54) is 48.5 Å². The highest BCUT2D eigenvalue weighted by molar-refractivity contribution is 6.54. The summed E-state index contributed by atoms with van der Waals surface area (Å²) in [5, 5.41) is 5.38. The average Bonchev–Trinajstić information content (AvgIpc) is 3.01. The Morgan fingerprint density at radius 2 is 1.45 bits per heavy atom. The van der Waals surface area contributed by atoms with Gasteiger partial charge in [-0.3, -0.25) is 14.4 Å². The van der Waals surface area contributed by atoms with Crippen LogP contribution in [0.15, 0.2) is 77.5 Å². The lowest BCUT2D eigenvalue weighted by Crippen LogP contribution is -2.32. The monoisotopic (exact) mass is 503 g/mol. The Hall–Kier alpha value is -3.39. The Morgan fingerprint density at radius 1 is 0.818 bits per heavy atom. The number of anilines is 3. The average molecular weight is 505 g/mol. The Morgan fingerprint density at radius 3 is 2.12 bits per heavy atom. The van der Waals surface area contributed by atoms with Gasteiger partial charge in [0.25, 0.3) is 17.7 Å². The van der Waals surface area contributed by atoms with E-state index in [1.54, 1.807) is 18.2 Å². The molecule has 0 aromatic heterocycles. The van der Waals surface area contributed by atoms with Crippen LogP contribution in [-0.2, 0) is 9.59 Å². The van der Waals surface area contributed by atoms with Crippen LogP contribution in [0.5, 0.6) is 0 Å². The van der Waals surface area contributed by atoms with Crippen molar-refractivity contribution in [3.8, 4) is 0 Å². The topological polar surface area (TPSA) is 78.5 Å². The minimum atomic E-state index is -0.747. The number of carbonyl (C=O) groups is 3. The zero-order valence-electron chi connectivity index (χ0n) is 16.5. The Kier molecular flexibility index (Phi) is 6.37. The fraction of sp³-hybridized carbons (Fsp3) is 0. The second-order valence-corrected chi connectivity index (χ2v) is 8.03. The minimum absolute atomic E-state index is 0.0445. The zero-order chi connectivity index (χ0) is 23.7. The van der Waals surface area contributed by atoms with Gasteiger partial charge in [0.1, 0.15) is 16.5 Å². The van der Waals surface area contributed by atoms with Crippen molar-refractivity contribution in [3.05, 3.63) is 98.9 Å². The number of halogens is 4. The van der Waals surface area contributed by atoms with Crippen molar-refractivity contribution < 1.29 is 18.8 Å². The molecule has 10 heteroatoms. The molecule has 0 saturated heterocycles. The van der Waals surface area contributed by atoms with Crippen molar-refractivity contribution in [2.24, 2.45) is 0 Å². The van der Waals surface area contributed by atoms with Gasteiger partial charge in [0, 0.05) is 16.9 Å². The first-order valence-electron chi connectivity index (χ1n) is 9.43. The van der Waals surface area contributed by atoms with Crippen molar-refractivity contribution >= 4 is 69.6 Å². The van der Waals surface area contributed by atoms with Gasteiger partial charge in [-0.2, -0.15) is 0 Å². The van der Waals surface area contributed by atoms with Crippen molar-refractivity contribution in [2.75, 3.05) is 15.5 Å². The molecule has 1 aliphatic heterocycles. The summed E-state index contributed by atoms with van der Waals surface area (Å²) in [5.74, 6) is -2.26. The van der Waals surface area contributed by atoms with Gasteiger partial charge < -0.3 is 10.6 Å². The van der Waals surface area contributed by atoms with Gasteiger partial charge in [0.05, 0.1) is 15.7 Å². The summed E-state index contributed by atoms with van der Waals surface area (Å²) in [7, 11) is 0. The summed E-state index contributed by atoms with van der Waals surface area (Å²) in [6.45, 7) is 0. The maximum absolute atomic E-state index is 13.0. The molecule has 6 nitrogen and oxygen atoms in total. The molecule has 3 aromatic carbocycles. The van der Waals surface area contributed by atoms with Gasteiger partial charge in [-0.1, -0.05) is 40.9 Å². The molecule has 0 aliphatic carbocycles. The van der Waals surface area contributed by atoms with Crippen LogP contribution in [0, 0.1) is 5.82 Å². The summed E-state index contributed by atoms with van der Waals surface area (Å²) in [6.07, 6.45) is 0. The molecule has 4 rings (SSSR count). The minimum Gasteiger partial charge on any atom is -0.350 e. The third-order valence-electron chi connectivity index (χ3n) is 4.72. The number of carbonyl (C=O) groups excluding carboxylic acids is 3. The molecule has 0 radical (unpaired) electrons. The summed E-state index contributed by atoms with van der Waals surface area (Å²) >= 11 is 18.3. The lowest BCUT2D eigenvalue weighted by molar-refractivity contribution is -0.120. The lowest BCUT2D eigenvalue weighted by atomic mass is 10.2. The van der Waals surface area contributed by atoms with Gasteiger partial charge in [-0.05, 0) is 60.7 Å². The van der Waals surface area contributed by atoms with E-state index in [2.05, 4.69) is 10.6 Å². The van der Waals surface area contributed by atoms with Crippen molar-refractivity contribution in [2.45, 2.75) is 0 Å². The zero-order valence-corrected chi connectivity index (χ0v) is 18.8. The molecule has 0 spiro atoms. The van der Waals surface area contributed by atoms with Crippen LogP contribution in [-0.4, -0.2) is 17.7 Å². The molecule has 1 heterocycles. The van der Waals surface area contributed by atoms with Crippen LogP contribution >= 0.6 is 34.8 Å². The normalized spacial score (nSPS) is 13.5. The highest BCUT2D eigenvalue weighted by Crippen LogP contribution is 2.37. The van der Waals surface area contributed by atoms with Crippen molar-refractivity contribution in [3.63, 3.8) is 0 Å². The highest BCUT2D eigenvalue weighted by Gasteiger charge is 2.40. The molecule has 166 valence electrons. The van der Waals surface area contributed by atoms with Crippen LogP contribution in [0.2, 0.25) is 10.0 Å². The largest absolute Gasteiger partial charge is 0.350 e. The van der Waals surface area contributed by atoms with Gasteiger partial charge in [-0.25, -0.2) is 9.29 Å². The van der Waals surface area contributed by atoms with Crippen molar-refractivity contribution in [1.82, 2.24) is 0 Å². The van der Waals surface area contributed by atoms with Gasteiger partial charge in [0.15, 0.2) is 0 Å². The molecule has 1 aliphatic rings. The van der Waals surface area contributed by atoms with E-state index >= 15 is 0 Å². The SMILES string of the molecule is O=C(Nc1ccc(F)cc1)c1ccc(NC2=C(Cl)C(=O)N(c3cccc(Cl)c3Cl)C2=O)cc1. The molecule has 0 fully saturated rings. The Labute approximate surface area is 202 Å². The number of imide groups is 1. The summed E-state index contributed by atoms with van der Waals surface area (Å²) < 4.78 is 13.0. The number of nitrogens with one attached hydrogen (secondary N) is 2. The summed E-state index contributed by atoms with van der Waals surface area (Å²) in [5.41, 5.74) is 1.16. The Balaban J connectivity index is 1.50. The van der Waals surface area contributed by atoms with Crippen LogP contribution in [0.1, 0.15) is 10.4 Å². The predicted molar refractivity (Wildman–Crippen MR) is 126 cm³/mol. The first-order chi connectivity index (χ1) is 15.8. The van der Waals surface area contributed by atoms with E-state index in [9.17, 15) is 18.8 Å². The Bertz CT molecular complexity index is 1310. The fourth-order valence-electron chi connectivity index (χ4n) is 3.08. The second-order valence-electron chi connectivity index (χ2n) is 6.87. The second kappa shape index (κ2) is 9.23. The standard InChI is InChI=1S/C23H13Cl3FN3O3/c24-16-2-1-3-17(18(16)25)30-22(32)19(26)20(23(30)33)28-14-8-4-12(5-9-14)21(31)29-15-10-6-13(27)7-11-15/h1-11,28H,(H,29,31). The van der Waals surface area contributed by atoms with E-state index in [1.807, 2.05) is 0 Å². The highest BCUT2D eigenvalue weighted by atomic mass is 35.5. The molecule has 3 aromatic rings. The smallest absolute Gasteiger partial charge is 0.283 e. The molecule has 33 heavy (non-hydrogen) atoms. The van der Waals surface area contributed by atoms with Crippen LogP contribution < -0.4 is 15.5 Å². The van der Waals surface area contributed by atoms with E-state index in [0.717, 1.165) is 4.90 Å². The third kappa shape index (κ3) is 4.57. The van der Waals surface area contributed by atoms with Gasteiger partial charge in [-0.15, -0.1) is 0 Å². The number of benzene rings is 3. The lowest BCUT2D eigenvalue weighted by Gasteiger charge is -2.17. The van der Waals surface area contributed by atoms with E-state index in [4.69, 9.17) is 34.8 Å². The molecule has 3 amide bonds. The summed E-state index contributed by atoms with van der Waals surface area (Å²) in [6, 6.07) is 16.0. The molecule has 0 bridgehead atoms. The number of hydrogen-bond donors (Lipinski definition) is 2. The molecule has 0 saturated carbocycles. The predicted octanol–water partition coefficient (Wildman–Crippen LogP) is 5.82. The summed E-state index contributed by atoms with van der Waals surface area (Å²) in [4.78, 5) is 38.7. The number of amides is 3. The maximum atomic E-state index is 13.0. The fourth-order valence-corrected chi connectivity index (χ4v) is 3.67. The first kappa shape index (κ1) is 22.8. The van der Waals surface area contributed by atoms with Crippen LogP contribution in [0.4, 0.5) is 21.5 Å². The van der Waals surface area contributed by atoms with E-state index in [0.29, 0.717) is 16.9 Å².